The number of likely N-dealkylation sites (tertiary alicyclic amines) is 2. The number of carbonyl (C=O) groups excluding carboxylic acids is 1. The zero-order chi connectivity index (χ0) is 12.6. The highest BCUT2D eigenvalue weighted by molar-refractivity contribution is 5.69. The van der Waals surface area contributed by atoms with Gasteiger partial charge in [-0.3, -0.25) is 4.90 Å². The number of aliphatic hydroxyl groups is 1. The van der Waals surface area contributed by atoms with Gasteiger partial charge in [0.1, 0.15) is 5.60 Å². The Labute approximate surface area is 102 Å². The van der Waals surface area contributed by atoms with Crippen molar-refractivity contribution >= 4 is 6.09 Å². The van der Waals surface area contributed by atoms with Crippen molar-refractivity contribution in [3.05, 3.63) is 0 Å². The molecule has 0 aliphatic carbocycles. The number of β-amino-alcohol motifs (C(OH)–C–C–N with tert-alkyl or cyclic N) is 1. The van der Waals surface area contributed by atoms with Gasteiger partial charge in [0.05, 0.1) is 6.10 Å². The minimum atomic E-state index is -0.425. The maximum atomic E-state index is 11.7. The first kappa shape index (κ1) is 12.6. The lowest BCUT2D eigenvalue weighted by molar-refractivity contribution is -0.0128. The van der Waals surface area contributed by atoms with Gasteiger partial charge in [-0.15, -0.1) is 0 Å². The fraction of sp³-hybridized carbons (Fsp3) is 0.917. The molecule has 1 amide bonds. The van der Waals surface area contributed by atoms with Crippen LogP contribution in [0, 0.1) is 0 Å². The van der Waals surface area contributed by atoms with Crippen molar-refractivity contribution in [2.45, 2.75) is 44.9 Å². The van der Waals surface area contributed by atoms with Crippen molar-refractivity contribution in [3.63, 3.8) is 0 Å². The van der Waals surface area contributed by atoms with E-state index in [1.54, 1.807) is 4.90 Å². The highest BCUT2D eigenvalue weighted by atomic mass is 16.6. The van der Waals surface area contributed by atoms with Crippen LogP contribution in [0.15, 0.2) is 0 Å². The highest BCUT2D eigenvalue weighted by Crippen LogP contribution is 2.22. The van der Waals surface area contributed by atoms with E-state index in [9.17, 15) is 9.90 Å². The molecule has 0 spiro atoms. The summed E-state index contributed by atoms with van der Waals surface area (Å²) in [5.41, 5.74) is -0.425. The molecule has 2 aliphatic heterocycles. The third-order valence-corrected chi connectivity index (χ3v) is 3.23. The Bertz CT molecular complexity index is 295. The molecule has 2 saturated heterocycles. The third kappa shape index (κ3) is 3.10. The predicted molar refractivity (Wildman–Crippen MR) is 63.8 cm³/mol. The van der Waals surface area contributed by atoms with Crippen LogP contribution in [0.4, 0.5) is 4.79 Å². The number of carbonyl (C=O) groups is 1. The SMILES string of the molecule is CC(C)(C)OC(=O)N1CC(N2CC[C@H](O)C2)C1. The van der Waals surface area contributed by atoms with Crippen molar-refractivity contribution in [1.29, 1.82) is 0 Å². The Morgan fingerprint density at radius 1 is 1.29 bits per heavy atom. The van der Waals surface area contributed by atoms with Gasteiger partial charge in [0.2, 0.25) is 0 Å². The van der Waals surface area contributed by atoms with Gasteiger partial charge in [-0.1, -0.05) is 0 Å². The molecule has 0 unspecified atom stereocenters. The number of hydrogen-bond donors (Lipinski definition) is 1. The Kier molecular flexibility index (Phi) is 3.32. The van der Waals surface area contributed by atoms with E-state index in [0.717, 1.165) is 32.6 Å². The Hall–Kier alpha value is -0.810. The lowest BCUT2D eigenvalue weighted by Crippen LogP contribution is -2.61. The molecule has 1 N–H and O–H groups in total. The number of ether oxygens (including phenoxy) is 1. The quantitative estimate of drug-likeness (QED) is 0.734. The molecule has 2 aliphatic rings. The van der Waals surface area contributed by atoms with E-state index >= 15 is 0 Å². The van der Waals surface area contributed by atoms with Crippen molar-refractivity contribution < 1.29 is 14.6 Å². The van der Waals surface area contributed by atoms with E-state index in [1.165, 1.54) is 0 Å². The van der Waals surface area contributed by atoms with Gasteiger partial charge in [0.25, 0.3) is 0 Å². The summed E-state index contributed by atoms with van der Waals surface area (Å²) in [5.74, 6) is 0. The number of amides is 1. The molecule has 0 bridgehead atoms. The van der Waals surface area contributed by atoms with Crippen LogP contribution in [-0.2, 0) is 4.74 Å². The molecule has 2 fully saturated rings. The molecule has 2 heterocycles. The number of aliphatic hydroxyl groups excluding tert-OH is 1. The van der Waals surface area contributed by atoms with Crippen LogP contribution in [0.25, 0.3) is 0 Å². The van der Waals surface area contributed by atoms with E-state index in [0.29, 0.717) is 6.04 Å². The summed E-state index contributed by atoms with van der Waals surface area (Å²) in [6.07, 6.45) is 0.433. The summed E-state index contributed by atoms with van der Waals surface area (Å²) in [7, 11) is 0. The standard InChI is InChI=1S/C12H22N2O3/c1-12(2,3)17-11(16)14-6-9(7-14)13-5-4-10(15)8-13/h9-10,15H,4-8H2,1-3H3/t10-/m0/s1. The molecule has 98 valence electrons. The Balaban J connectivity index is 1.73. The van der Waals surface area contributed by atoms with E-state index in [4.69, 9.17) is 4.74 Å². The van der Waals surface area contributed by atoms with Crippen LogP contribution in [0.5, 0.6) is 0 Å². The molecule has 17 heavy (non-hydrogen) atoms. The third-order valence-electron chi connectivity index (χ3n) is 3.23. The molecule has 1 atom stereocenters. The van der Waals surface area contributed by atoms with Crippen LogP contribution in [0.3, 0.4) is 0 Å². The van der Waals surface area contributed by atoms with Gasteiger partial charge in [-0.2, -0.15) is 0 Å². The zero-order valence-corrected chi connectivity index (χ0v) is 10.8. The predicted octanol–water partition coefficient (Wildman–Crippen LogP) is 0.672. The second-order valence-corrected chi connectivity index (χ2v) is 5.98. The van der Waals surface area contributed by atoms with Crippen molar-refractivity contribution in [1.82, 2.24) is 9.80 Å². The smallest absolute Gasteiger partial charge is 0.410 e. The van der Waals surface area contributed by atoms with Crippen LogP contribution in [-0.4, -0.2) is 64.9 Å². The minimum Gasteiger partial charge on any atom is -0.444 e. The lowest BCUT2D eigenvalue weighted by atomic mass is 10.1. The first-order valence-corrected chi connectivity index (χ1v) is 6.25. The van der Waals surface area contributed by atoms with Crippen molar-refractivity contribution in [2.24, 2.45) is 0 Å². The van der Waals surface area contributed by atoms with Crippen molar-refractivity contribution in [2.75, 3.05) is 26.2 Å². The second kappa shape index (κ2) is 4.46. The number of hydrogen-bond acceptors (Lipinski definition) is 4. The van der Waals surface area contributed by atoms with E-state index in [2.05, 4.69) is 4.90 Å². The zero-order valence-electron chi connectivity index (χ0n) is 10.8. The topological polar surface area (TPSA) is 53.0 Å². The van der Waals surface area contributed by atoms with Crippen LogP contribution in [0.1, 0.15) is 27.2 Å². The minimum absolute atomic E-state index is 0.189. The van der Waals surface area contributed by atoms with E-state index in [1.807, 2.05) is 20.8 Å². The average molecular weight is 242 g/mol. The molecular formula is C12H22N2O3. The summed E-state index contributed by atoms with van der Waals surface area (Å²) in [5, 5.41) is 9.45. The fourth-order valence-corrected chi connectivity index (χ4v) is 2.26. The molecule has 0 aromatic heterocycles. The average Bonchev–Trinajstić information content (AvgIpc) is 2.45. The molecule has 5 nitrogen and oxygen atoms in total. The van der Waals surface area contributed by atoms with Crippen LogP contribution in [0.2, 0.25) is 0 Å². The van der Waals surface area contributed by atoms with Crippen molar-refractivity contribution in [3.8, 4) is 0 Å². The summed E-state index contributed by atoms with van der Waals surface area (Å²) < 4.78 is 5.29. The van der Waals surface area contributed by atoms with Gasteiger partial charge in [-0.25, -0.2) is 4.79 Å². The summed E-state index contributed by atoms with van der Waals surface area (Å²) in [6, 6.07) is 0.402. The molecule has 0 aromatic rings. The Morgan fingerprint density at radius 2 is 1.94 bits per heavy atom. The van der Waals surface area contributed by atoms with Gasteiger partial charge >= 0.3 is 6.09 Å². The van der Waals surface area contributed by atoms with E-state index < -0.39 is 5.60 Å². The summed E-state index contributed by atoms with van der Waals surface area (Å²) >= 11 is 0. The summed E-state index contributed by atoms with van der Waals surface area (Å²) in [6.45, 7) is 8.75. The number of nitrogens with zero attached hydrogens (tertiary/aromatic N) is 2. The van der Waals surface area contributed by atoms with Crippen LogP contribution < -0.4 is 0 Å². The first-order chi connectivity index (χ1) is 7.85. The lowest BCUT2D eigenvalue weighted by Gasteiger charge is -2.44. The van der Waals surface area contributed by atoms with Gasteiger partial charge in [-0.05, 0) is 27.2 Å². The molecular weight excluding hydrogens is 220 g/mol. The van der Waals surface area contributed by atoms with Crippen LogP contribution >= 0.6 is 0 Å². The number of rotatable bonds is 1. The maximum Gasteiger partial charge on any atom is 0.410 e. The first-order valence-electron chi connectivity index (χ1n) is 6.25. The van der Waals surface area contributed by atoms with Gasteiger partial charge < -0.3 is 14.7 Å². The molecule has 2 rings (SSSR count). The maximum absolute atomic E-state index is 11.7. The van der Waals surface area contributed by atoms with Gasteiger partial charge in [0.15, 0.2) is 0 Å². The molecule has 5 heteroatoms. The Morgan fingerprint density at radius 3 is 2.41 bits per heavy atom. The molecule has 0 radical (unpaired) electrons. The monoisotopic (exact) mass is 242 g/mol. The highest BCUT2D eigenvalue weighted by Gasteiger charge is 2.39. The largest absolute Gasteiger partial charge is 0.444 e. The van der Waals surface area contributed by atoms with E-state index in [-0.39, 0.29) is 12.2 Å². The molecule has 0 aromatic carbocycles. The normalized spacial score (nSPS) is 27.1. The fourth-order valence-electron chi connectivity index (χ4n) is 2.26. The van der Waals surface area contributed by atoms with Gasteiger partial charge in [0, 0.05) is 32.2 Å². The second-order valence-electron chi connectivity index (χ2n) is 5.98. The molecule has 0 saturated carbocycles. The summed E-state index contributed by atoms with van der Waals surface area (Å²) in [4.78, 5) is 15.7.